The van der Waals surface area contributed by atoms with E-state index in [0.29, 0.717) is 5.69 Å². The molecule has 0 atom stereocenters. The molecule has 0 heterocycles. The standard InChI is InChI=1S/C17H14N2O2/c1-21-17-11-10-16(14-4-2-3-5-15(14)17)19-18-12-6-8-13(20)9-7-12/h2-11,20H,1H3. The van der Waals surface area contributed by atoms with E-state index in [2.05, 4.69) is 10.2 Å². The molecule has 4 nitrogen and oxygen atoms in total. The Labute approximate surface area is 122 Å². The third-order valence-corrected chi connectivity index (χ3v) is 3.20. The highest BCUT2D eigenvalue weighted by atomic mass is 16.5. The van der Waals surface area contributed by atoms with Gasteiger partial charge in [0.15, 0.2) is 0 Å². The van der Waals surface area contributed by atoms with Gasteiger partial charge in [0, 0.05) is 10.8 Å². The number of azo groups is 1. The number of hydrogen-bond acceptors (Lipinski definition) is 4. The fourth-order valence-corrected chi connectivity index (χ4v) is 2.15. The van der Waals surface area contributed by atoms with Crippen LogP contribution in [-0.4, -0.2) is 12.2 Å². The second-order valence-corrected chi connectivity index (χ2v) is 4.55. The Morgan fingerprint density at radius 3 is 2.24 bits per heavy atom. The smallest absolute Gasteiger partial charge is 0.126 e. The van der Waals surface area contributed by atoms with Gasteiger partial charge in [0.1, 0.15) is 11.5 Å². The summed E-state index contributed by atoms with van der Waals surface area (Å²) in [7, 11) is 1.65. The monoisotopic (exact) mass is 278 g/mol. The largest absolute Gasteiger partial charge is 0.508 e. The molecule has 0 spiro atoms. The van der Waals surface area contributed by atoms with E-state index in [9.17, 15) is 5.11 Å². The Hall–Kier alpha value is -2.88. The molecule has 0 fully saturated rings. The van der Waals surface area contributed by atoms with Gasteiger partial charge in [0.25, 0.3) is 0 Å². The quantitative estimate of drug-likeness (QED) is 0.688. The number of hydrogen-bond donors (Lipinski definition) is 1. The third-order valence-electron chi connectivity index (χ3n) is 3.20. The number of fused-ring (bicyclic) bond motifs is 1. The topological polar surface area (TPSA) is 54.2 Å². The van der Waals surface area contributed by atoms with Gasteiger partial charge >= 0.3 is 0 Å². The second kappa shape index (κ2) is 5.63. The summed E-state index contributed by atoms with van der Waals surface area (Å²) < 4.78 is 5.36. The summed E-state index contributed by atoms with van der Waals surface area (Å²) in [4.78, 5) is 0. The summed E-state index contributed by atoms with van der Waals surface area (Å²) in [6.45, 7) is 0. The van der Waals surface area contributed by atoms with Gasteiger partial charge in [-0.15, -0.1) is 5.11 Å². The van der Waals surface area contributed by atoms with Crippen LogP contribution in [-0.2, 0) is 0 Å². The molecule has 0 radical (unpaired) electrons. The first-order valence-corrected chi connectivity index (χ1v) is 6.54. The number of aromatic hydroxyl groups is 1. The van der Waals surface area contributed by atoms with Gasteiger partial charge in [-0.25, -0.2) is 0 Å². The van der Waals surface area contributed by atoms with Crippen molar-refractivity contribution in [2.45, 2.75) is 0 Å². The molecule has 0 aliphatic heterocycles. The Bertz CT molecular complexity index is 795. The lowest BCUT2D eigenvalue weighted by Gasteiger charge is -2.06. The lowest BCUT2D eigenvalue weighted by molar-refractivity contribution is 0.420. The van der Waals surface area contributed by atoms with Crippen LogP contribution in [0.15, 0.2) is 70.9 Å². The first-order chi connectivity index (χ1) is 10.3. The third kappa shape index (κ3) is 2.69. The van der Waals surface area contributed by atoms with E-state index in [1.54, 1.807) is 31.4 Å². The van der Waals surface area contributed by atoms with Gasteiger partial charge in [-0.3, -0.25) is 0 Å². The second-order valence-electron chi connectivity index (χ2n) is 4.55. The summed E-state index contributed by atoms with van der Waals surface area (Å²) in [6, 6.07) is 18.3. The summed E-state index contributed by atoms with van der Waals surface area (Å²) in [5.74, 6) is 1.03. The van der Waals surface area contributed by atoms with Crippen molar-refractivity contribution in [3.05, 3.63) is 60.7 Å². The average molecular weight is 278 g/mol. The van der Waals surface area contributed by atoms with E-state index >= 15 is 0 Å². The van der Waals surface area contributed by atoms with E-state index in [4.69, 9.17) is 4.74 Å². The summed E-state index contributed by atoms with van der Waals surface area (Å²) in [5, 5.41) is 19.7. The highest BCUT2D eigenvalue weighted by Crippen LogP contribution is 2.33. The Kier molecular flexibility index (Phi) is 3.51. The van der Waals surface area contributed by atoms with Crippen molar-refractivity contribution in [1.29, 1.82) is 0 Å². The van der Waals surface area contributed by atoms with Gasteiger partial charge in [0.05, 0.1) is 18.5 Å². The molecule has 104 valence electrons. The lowest BCUT2D eigenvalue weighted by atomic mass is 10.1. The predicted molar refractivity (Wildman–Crippen MR) is 82.8 cm³/mol. The molecule has 0 unspecified atom stereocenters. The van der Waals surface area contributed by atoms with Gasteiger partial charge in [-0.2, -0.15) is 5.11 Å². The minimum Gasteiger partial charge on any atom is -0.508 e. The number of phenols is 1. The van der Waals surface area contributed by atoms with Crippen molar-refractivity contribution < 1.29 is 9.84 Å². The van der Waals surface area contributed by atoms with Crippen molar-refractivity contribution in [3.8, 4) is 11.5 Å². The molecule has 0 aliphatic carbocycles. The zero-order valence-electron chi connectivity index (χ0n) is 11.5. The molecule has 0 saturated heterocycles. The van der Waals surface area contributed by atoms with Gasteiger partial charge in [-0.05, 0) is 36.4 Å². The van der Waals surface area contributed by atoms with Crippen LogP contribution in [0.2, 0.25) is 0 Å². The maximum Gasteiger partial charge on any atom is 0.126 e. The molecule has 0 aliphatic rings. The molecule has 3 aromatic carbocycles. The van der Waals surface area contributed by atoms with Crippen molar-refractivity contribution in [1.82, 2.24) is 0 Å². The van der Waals surface area contributed by atoms with E-state index in [1.807, 2.05) is 36.4 Å². The van der Waals surface area contributed by atoms with Crippen molar-refractivity contribution in [2.75, 3.05) is 7.11 Å². The SMILES string of the molecule is COc1ccc(N=Nc2ccc(O)cc2)c2ccccc12. The van der Waals surface area contributed by atoms with Gasteiger partial charge < -0.3 is 9.84 Å². The first kappa shape index (κ1) is 13.1. The molecule has 3 rings (SSSR count). The van der Waals surface area contributed by atoms with Crippen molar-refractivity contribution in [3.63, 3.8) is 0 Å². The maximum absolute atomic E-state index is 9.25. The van der Waals surface area contributed by atoms with Gasteiger partial charge in [-0.1, -0.05) is 24.3 Å². The van der Waals surface area contributed by atoms with Crippen LogP contribution in [0, 0.1) is 0 Å². The summed E-state index contributed by atoms with van der Waals surface area (Å²) >= 11 is 0. The van der Waals surface area contributed by atoms with Crippen molar-refractivity contribution in [2.24, 2.45) is 10.2 Å². The number of rotatable bonds is 3. The molecule has 1 N–H and O–H groups in total. The molecule has 3 aromatic rings. The molecule has 4 heteroatoms. The van der Waals surface area contributed by atoms with E-state index in [0.717, 1.165) is 22.2 Å². The summed E-state index contributed by atoms with van der Waals surface area (Å²) in [6.07, 6.45) is 0. The van der Waals surface area contributed by atoms with E-state index in [1.165, 1.54) is 0 Å². The minimum absolute atomic E-state index is 0.212. The molecule has 0 bridgehead atoms. The predicted octanol–water partition coefficient (Wildman–Crippen LogP) is 4.97. The summed E-state index contributed by atoms with van der Waals surface area (Å²) in [5.41, 5.74) is 1.46. The van der Waals surface area contributed by atoms with E-state index in [-0.39, 0.29) is 5.75 Å². The number of methoxy groups -OCH3 is 1. The normalized spacial score (nSPS) is 11.1. The number of ether oxygens (including phenoxy) is 1. The minimum atomic E-state index is 0.212. The van der Waals surface area contributed by atoms with Crippen LogP contribution in [0.25, 0.3) is 10.8 Å². The number of nitrogens with zero attached hydrogens (tertiary/aromatic N) is 2. The molecule has 21 heavy (non-hydrogen) atoms. The Morgan fingerprint density at radius 1 is 0.810 bits per heavy atom. The van der Waals surface area contributed by atoms with Crippen LogP contribution >= 0.6 is 0 Å². The Morgan fingerprint density at radius 2 is 1.52 bits per heavy atom. The first-order valence-electron chi connectivity index (χ1n) is 6.54. The average Bonchev–Trinajstić information content (AvgIpc) is 2.54. The van der Waals surface area contributed by atoms with Gasteiger partial charge in [0.2, 0.25) is 0 Å². The molecule has 0 amide bonds. The van der Waals surface area contributed by atoms with Crippen molar-refractivity contribution >= 4 is 22.1 Å². The molecular weight excluding hydrogens is 264 g/mol. The van der Waals surface area contributed by atoms with Crippen LogP contribution in [0.4, 0.5) is 11.4 Å². The van der Waals surface area contributed by atoms with Crippen LogP contribution in [0.5, 0.6) is 11.5 Å². The highest BCUT2D eigenvalue weighted by Gasteiger charge is 2.05. The van der Waals surface area contributed by atoms with E-state index < -0.39 is 0 Å². The number of phenolic OH excluding ortho intramolecular Hbond substituents is 1. The maximum atomic E-state index is 9.25. The fourth-order valence-electron chi connectivity index (χ4n) is 2.15. The number of benzene rings is 3. The highest BCUT2D eigenvalue weighted by molar-refractivity contribution is 5.96. The fraction of sp³-hybridized carbons (Fsp3) is 0.0588. The molecule has 0 saturated carbocycles. The van der Waals surface area contributed by atoms with Crippen LogP contribution in [0.1, 0.15) is 0 Å². The zero-order valence-corrected chi connectivity index (χ0v) is 11.5. The lowest BCUT2D eigenvalue weighted by Crippen LogP contribution is -1.84. The molecule has 0 aromatic heterocycles. The Balaban J connectivity index is 2.03. The van der Waals surface area contributed by atoms with Crippen LogP contribution in [0.3, 0.4) is 0 Å². The molecular formula is C17H14N2O2. The van der Waals surface area contributed by atoms with Crippen LogP contribution < -0.4 is 4.74 Å². The zero-order chi connectivity index (χ0) is 14.7.